The minimum atomic E-state index is 0.695. The molecule has 11 aromatic rings. The maximum Gasteiger partial charge on any atom is 0.160 e. The van der Waals surface area contributed by atoms with Gasteiger partial charge in [0.05, 0.1) is 22.4 Å². The van der Waals surface area contributed by atoms with Crippen molar-refractivity contribution in [2.45, 2.75) is 0 Å². The quantitative estimate of drug-likeness (QED) is 0.169. The Bertz CT molecular complexity index is 3120. The lowest BCUT2D eigenvalue weighted by atomic mass is 9.96. The van der Waals surface area contributed by atoms with E-state index in [1.165, 1.54) is 43.2 Å². The zero-order valence-electron chi connectivity index (χ0n) is 29.3. The van der Waals surface area contributed by atoms with Crippen LogP contribution in [0.3, 0.4) is 0 Å². The van der Waals surface area contributed by atoms with E-state index in [-0.39, 0.29) is 0 Å². The second-order valence-corrected chi connectivity index (χ2v) is 13.8. The summed E-state index contributed by atoms with van der Waals surface area (Å²) in [6.45, 7) is 0. The molecule has 0 saturated heterocycles. The molecular formula is C50H32N4. The molecule has 0 fully saturated rings. The van der Waals surface area contributed by atoms with Crippen molar-refractivity contribution in [3.05, 3.63) is 194 Å². The third kappa shape index (κ3) is 4.64. The lowest BCUT2D eigenvalue weighted by Gasteiger charge is -2.15. The van der Waals surface area contributed by atoms with Gasteiger partial charge in [-0.3, -0.25) is 9.13 Å². The van der Waals surface area contributed by atoms with Gasteiger partial charge in [0.25, 0.3) is 0 Å². The Morgan fingerprint density at radius 2 is 0.815 bits per heavy atom. The molecule has 0 spiro atoms. The molecular weight excluding hydrogens is 657 g/mol. The van der Waals surface area contributed by atoms with Crippen LogP contribution in [0.25, 0.3) is 99.7 Å². The molecule has 0 aliphatic rings. The van der Waals surface area contributed by atoms with E-state index in [1.807, 2.05) is 12.1 Å². The lowest BCUT2D eigenvalue weighted by molar-refractivity contribution is 1.07. The van der Waals surface area contributed by atoms with Gasteiger partial charge < -0.3 is 0 Å². The van der Waals surface area contributed by atoms with Crippen LogP contribution in [0.1, 0.15) is 0 Å². The Hall–Kier alpha value is -7.30. The van der Waals surface area contributed by atoms with Crippen LogP contribution in [0.5, 0.6) is 0 Å². The van der Waals surface area contributed by atoms with Gasteiger partial charge in [-0.1, -0.05) is 146 Å². The fourth-order valence-electron chi connectivity index (χ4n) is 8.34. The first-order valence-corrected chi connectivity index (χ1v) is 18.3. The molecule has 3 heterocycles. The summed E-state index contributed by atoms with van der Waals surface area (Å²) in [4.78, 5) is 10.2. The average molecular weight is 689 g/mol. The Morgan fingerprint density at radius 3 is 1.44 bits per heavy atom. The highest BCUT2D eigenvalue weighted by atomic mass is 15.1. The van der Waals surface area contributed by atoms with Gasteiger partial charge in [-0.2, -0.15) is 0 Å². The monoisotopic (exact) mass is 688 g/mol. The number of aromatic nitrogens is 4. The summed E-state index contributed by atoms with van der Waals surface area (Å²) in [5.41, 5.74) is 10.6. The zero-order valence-corrected chi connectivity index (χ0v) is 29.3. The van der Waals surface area contributed by atoms with Crippen molar-refractivity contribution in [1.82, 2.24) is 19.1 Å². The highest BCUT2D eigenvalue weighted by Crippen LogP contribution is 2.46. The summed E-state index contributed by atoms with van der Waals surface area (Å²) in [7, 11) is 0. The standard InChI is InChI=1S/C50H32N4/c1-4-16-33(17-5-1)43-32-44(34-18-6-2-7-19-34)52-49(51-43)35-28-30-37(31-29-35)53-45-27-15-14-26-42(45)47-46-40-24-12-10-22-38(40)39-23-11-13-25-41(39)48(46)54(50(47)53)36-20-8-3-9-21-36/h1-32H. The fraction of sp³-hybridized carbons (Fsp3) is 0. The van der Waals surface area contributed by atoms with E-state index in [0.717, 1.165) is 50.6 Å². The van der Waals surface area contributed by atoms with E-state index < -0.39 is 0 Å². The summed E-state index contributed by atoms with van der Waals surface area (Å²) in [6.07, 6.45) is 0. The van der Waals surface area contributed by atoms with Gasteiger partial charge in [0.1, 0.15) is 5.65 Å². The van der Waals surface area contributed by atoms with Crippen LogP contribution in [0.2, 0.25) is 0 Å². The van der Waals surface area contributed by atoms with Gasteiger partial charge in [0.15, 0.2) is 5.82 Å². The predicted octanol–water partition coefficient (Wildman–Crippen LogP) is 12.8. The summed E-state index contributed by atoms with van der Waals surface area (Å²) in [5.74, 6) is 0.695. The summed E-state index contributed by atoms with van der Waals surface area (Å²) in [5, 5.41) is 8.77. The second kappa shape index (κ2) is 12.1. The Balaban J connectivity index is 1.19. The Morgan fingerprint density at radius 1 is 0.333 bits per heavy atom. The zero-order chi connectivity index (χ0) is 35.6. The maximum absolute atomic E-state index is 5.11. The number of benzene rings is 8. The van der Waals surface area contributed by atoms with Crippen LogP contribution in [0, 0.1) is 0 Å². The summed E-state index contributed by atoms with van der Waals surface area (Å²) in [6, 6.07) is 68.8. The van der Waals surface area contributed by atoms with E-state index in [2.05, 4.69) is 191 Å². The Labute approximate surface area is 311 Å². The molecule has 0 unspecified atom stereocenters. The normalized spacial score (nSPS) is 11.7. The number of para-hydroxylation sites is 2. The van der Waals surface area contributed by atoms with Gasteiger partial charge in [0.2, 0.25) is 0 Å². The van der Waals surface area contributed by atoms with E-state index in [1.54, 1.807) is 0 Å². The minimum Gasteiger partial charge on any atom is -0.295 e. The summed E-state index contributed by atoms with van der Waals surface area (Å²) < 4.78 is 4.91. The molecule has 252 valence electrons. The molecule has 0 aliphatic heterocycles. The molecule has 0 bridgehead atoms. The van der Waals surface area contributed by atoms with Crippen LogP contribution in [-0.2, 0) is 0 Å². The largest absolute Gasteiger partial charge is 0.295 e. The highest BCUT2D eigenvalue weighted by molar-refractivity contribution is 6.36. The highest BCUT2D eigenvalue weighted by Gasteiger charge is 2.25. The number of hydrogen-bond acceptors (Lipinski definition) is 2. The van der Waals surface area contributed by atoms with Crippen LogP contribution in [0.15, 0.2) is 194 Å². The van der Waals surface area contributed by atoms with E-state index in [4.69, 9.17) is 9.97 Å². The molecule has 0 aliphatic carbocycles. The van der Waals surface area contributed by atoms with Gasteiger partial charge in [0, 0.05) is 49.6 Å². The molecule has 0 saturated carbocycles. The number of fused-ring (bicyclic) bond motifs is 10. The predicted molar refractivity (Wildman–Crippen MR) is 225 cm³/mol. The van der Waals surface area contributed by atoms with Crippen LogP contribution in [0.4, 0.5) is 0 Å². The van der Waals surface area contributed by atoms with Crippen molar-refractivity contribution in [3.8, 4) is 45.3 Å². The lowest BCUT2D eigenvalue weighted by Crippen LogP contribution is -2.02. The van der Waals surface area contributed by atoms with Gasteiger partial charge >= 0.3 is 0 Å². The molecule has 3 aromatic heterocycles. The Kier molecular flexibility index (Phi) is 6.82. The van der Waals surface area contributed by atoms with Crippen LogP contribution < -0.4 is 0 Å². The molecule has 4 heteroatoms. The third-order valence-corrected chi connectivity index (χ3v) is 10.7. The summed E-state index contributed by atoms with van der Waals surface area (Å²) >= 11 is 0. The first-order valence-electron chi connectivity index (χ1n) is 18.3. The van der Waals surface area contributed by atoms with Crippen molar-refractivity contribution in [2.24, 2.45) is 0 Å². The van der Waals surface area contributed by atoms with Gasteiger partial charge in [-0.15, -0.1) is 0 Å². The second-order valence-electron chi connectivity index (χ2n) is 13.8. The SMILES string of the molecule is c1ccc(-c2cc(-c3ccccc3)nc(-c3ccc(-n4c5ccccc5c5c6c7ccccc7c7ccccc7c6n(-c6ccccc6)c54)cc3)n2)cc1. The number of rotatable bonds is 5. The number of nitrogens with zero attached hydrogens (tertiary/aromatic N) is 4. The van der Waals surface area contributed by atoms with Crippen molar-refractivity contribution in [1.29, 1.82) is 0 Å². The van der Waals surface area contributed by atoms with Gasteiger partial charge in [-0.25, -0.2) is 9.97 Å². The van der Waals surface area contributed by atoms with E-state index in [9.17, 15) is 0 Å². The minimum absolute atomic E-state index is 0.695. The first-order chi connectivity index (χ1) is 26.8. The van der Waals surface area contributed by atoms with E-state index >= 15 is 0 Å². The molecule has 4 nitrogen and oxygen atoms in total. The smallest absolute Gasteiger partial charge is 0.160 e. The fourth-order valence-corrected chi connectivity index (χ4v) is 8.34. The third-order valence-electron chi connectivity index (χ3n) is 10.7. The molecule has 8 aromatic carbocycles. The number of hydrogen-bond donors (Lipinski definition) is 0. The maximum atomic E-state index is 5.11. The molecule has 0 N–H and O–H groups in total. The molecule has 11 rings (SSSR count). The van der Waals surface area contributed by atoms with Crippen molar-refractivity contribution in [3.63, 3.8) is 0 Å². The van der Waals surface area contributed by atoms with Gasteiger partial charge in [-0.05, 0) is 64.7 Å². The first kappa shape index (κ1) is 30.3. The van der Waals surface area contributed by atoms with Crippen molar-refractivity contribution in [2.75, 3.05) is 0 Å². The average Bonchev–Trinajstić information content (AvgIpc) is 3.78. The molecule has 0 atom stereocenters. The topological polar surface area (TPSA) is 35.6 Å². The van der Waals surface area contributed by atoms with Crippen molar-refractivity contribution < 1.29 is 0 Å². The molecule has 54 heavy (non-hydrogen) atoms. The van der Waals surface area contributed by atoms with Crippen LogP contribution >= 0.6 is 0 Å². The van der Waals surface area contributed by atoms with E-state index in [0.29, 0.717) is 5.82 Å². The molecule has 0 radical (unpaired) electrons. The van der Waals surface area contributed by atoms with Crippen molar-refractivity contribution >= 4 is 54.4 Å². The molecule has 0 amide bonds. The van der Waals surface area contributed by atoms with Crippen LogP contribution in [-0.4, -0.2) is 19.1 Å².